The zero-order chi connectivity index (χ0) is 14.5. The lowest BCUT2D eigenvalue weighted by molar-refractivity contribution is 0.621. The van der Waals surface area contributed by atoms with E-state index in [0.29, 0.717) is 5.92 Å². The van der Waals surface area contributed by atoms with Gasteiger partial charge in [0.05, 0.1) is 9.26 Å². The fourth-order valence-electron chi connectivity index (χ4n) is 2.02. The first kappa shape index (κ1) is 15.2. The van der Waals surface area contributed by atoms with Crippen molar-refractivity contribution in [2.45, 2.75) is 27.2 Å². The monoisotopic (exact) mass is 381 g/mol. The Morgan fingerprint density at radius 3 is 2.45 bits per heavy atom. The maximum absolute atomic E-state index is 4.77. The summed E-state index contributed by atoms with van der Waals surface area (Å²) in [5.41, 5.74) is 2.16. The smallest absolute Gasteiger partial charge is 0.143 e. The first-order valence-electron chi connectivity index (χ1n) is 6.97. The predicted molar refractivity (Wildman–Crippen MR) is 92.9 cm³/mol. The summed E-state index contributed by atoms with van der Waals surface area (Å²) in [6, 6.07) is 10.3. The number of nitrogens with one attached hydrogen (secondary N) is 1. The number of aromatic nitrogens is 2. The van der Waals surface area contributed by atoms with E-state index in [1.54, 1.807) is 0 Å². The van der Waals surface area contributed by atoms with Crippen LogP contribution in [0.2, 0.25) is 0 Å². The molecule has 0 saturated heterocycles. The average molecular weight is 381 g/mol. The van der Waals surface area contributed by atoms with Crippen LogP contribution in [-0.4, -0.2) is 16.5 Å². The molecule has 0 aliphatic carbocycles. The summed E-state index contributed by atoms with van der Waals surface area (Å²) >= 11 is 2.33. The van der Waals surface area contributed by atoms with Crippen molar-refractivity contribution < 1.29 is 0 Å². The van der Waals surface area contributed by atoms with E-state index in [1.165, 1.54) is 0 Å². The van der Waals surface area contributed by atoms with E-state index in [4.69, 9.17) is 4.98 Å². The summed E-state index contributed by atoms with van der Waals surface area (Å²) in [5, 5.41) is 3.34. The van der Waals surface area contributed by atoms with Crippen LogP contribution >= 0.6 is 22.6 Å². The fourth-order valence-corrected chi connectivity index (χ4v) is 2.77. The largest absolute Gasteiger partial charge is 0.369 e. The van der Waals surface area contributed by atoms with E-state index in [0.717, 1.165) is 39.4 Å². The molecule has 2 rings (SSSR count). The molecule has 106 valence electrons. The predicted octanol–water partition coefficient (Wildman–Crippen LogP) is 4.38. The molecule has 0 fully saturated rings. The Morgan fingerprint density at radius 2 is 1.85 bits per heavy atom. The summed E-state index contributed by atoms with van der Waals surface area (Å²) in [6.07, 6.45) is 0.898. The van der Waals surface area contributed by atoms with Crippen LogP contribution in [-0.2, 0) is 6.42 Å². The minimum atomic E-state index is 0.549. The lowest BCUT2D eigenvalue weighted by Crippen LogP contribution is -2.09. The minimum Gasteiger partial charge on any atom is -0.369 e. The van der Waals surface area contributed by atoms with Gasteiger partial charge in [0, 0.05) is 18.5 Å². The van der Waals surface area contributed by atoms with E-state index in [-0.39, 0.29) is 0 Å². The van der Waals surface area contributed by atoms with Gasteiger partial charge in [-0.05, 0) is 35.4 Å². The van der Waals surface area contributed by atoms with Crippen LogP contribution in [0.5, 0.6) is 0 Å². The fraction of sp³-hybridized carbons (Fsp3) is 0.375. The number of rotatable bonds is 5. The van der Waals surface area contributed by atoms with Crippen molar-refractivity contribution in [1.82, 2.24) is 9.97 Å². The highest BCUT2D eigenvalue weighted by Crippen LogP contribution is 2.28. The number of benzene rings is 1. The number of halogens is 1. The van der Waals surface area contributed by atoms with Crippen LogP contribution in [0, 0.1) is 9.49 Å². The van der Waals surface area contributed by atoms with Crippen LogP contribution in [0.25, 0.3) is 11.3 Å². The molecule has 0 unspecified atom stereocenters. The second-order valence-electron chi connectivity index (χ2n) is 5.15. The summed E-state index contributed by atoms with van der Waals surface area (Å²) in [4.78, 5) is 9.43. The molecule has 0 radical (unpaired) electrons. The van der Waals surface area contributed by atoms with Crippen LogP contribution in [0.1, 0.15) is 26.6 Å². The molecule has 0 spiro atoms. The number of anilines is 1. The molecule has 0 atom stereocenters. The summed E-state index contributed by atoms with van der Waals surface area (Å²) in [7, 11) is 0. The van der Waals surface area contributed by atoms with Gasteiger partial charge in [-0.25, -0.2) is 9.97 Å². The van der Waals surface area contributed by atoms with Crippen molar-refractivity contribution >= 4 is 28.4 Å². The topological polar surface area (TPSA) is 37.8 Å². The molecule has 1 aromatic carbocycles. The highest BCUT2D eigenvalue weighted by atomic mass is 127. The molecule has 0 bridgehead atoms. The van der Waals surface area contributed by atoms with Gasteiger partial charge in [-0.15, -0.1) is 0 Å². The first-order chi connectivity index (χ1) is 9.61. The average Bonchev–Trinajstić information content (AvgIpc) is 2.43. The Labute approximate surface area is 134 Å². The van der Waals surface area contributed by atoms with E-state index in [1.807, 2.05) is 18.2 Å². The van der Waals surface area contributed by atoms with Crippen molar-refractivity contribution in [2.75, 3.05) is 11.9 Å². The number of hydrogen-bond acceptors (Lipinski definition) is 3. The Hall–Kier alpha value is -1.17. The molecule has 1 N–H and O–H groups in total. The molecule has 4 heteroatoms. The molecule has 0 amide bonds. The summed E-state index contributed by atoms with van der Waals surface area (Å²) in [6.45, 7) is 7.33. The lowest BCUT2D eigenvalue weighted by atomic mass is 10.1. The van der Waals surface area contributed by atoms with Gasteiger partial charge in [0.25, 0.3) is 0 Å². The zero-order valence-corrected chi connectivity index (χ0v) is 14.3. The number of nitrogens with zero attached hydrogens (tertiary/aromatic N) is 2. The Balaban J connectivity index is 2.51. The van der Waals surface area contributed by atoms with Crippen molar-refractivity contribution in [1.29, 1.82) is 0 Å². The normalized spacial score (nSPS) is 10.8. The first-order valence-corrected chi connectivity index (χ1v) is 8.05. The van der Waals surface area contributed by atoms with Gasteiger partial charge in [-0.2, -0.15) is 0 Å². The van der Waals surface area contributed by atoms with Gasteiger partial charge in [0.15, 0.2) is 0 Å². The third kappa shape index (κ3) is 3.69. The van der Waals surface area contributed by atoms with E-state index in [9.17, 15) is 0 Å². The van der Waals surface area contributed by atoms with Crippen molar-refractivity contribution in [3.8, 4) is 11.3 Å². The number of hydrogen-bond donors (Lipinski definition) is 1. The van der Waals surface area contributed by atoms with Crippen LogP contribution in [0.4, 0.5) is 5.82 Å². The molecule has 1 heterocycles. The van der Waals surface area contributed by atoms with Crippen LogP contribution in [0.3, 0.4) is 0 Å². The second-order valence-corrected chi connectivity index (χ2v) is 6.22. The standard InChI is InChI=1S/C16H20IN3/c1-4-18-16-14(17)15(12-8-6-5-7-9-12)19-13(20-16)10-11(2)3/h5-9,11H,4,10H2,1-3H3,(H,18,19,20). The third-order valence-electron chi connectivity index (χ3n) is 2.88. The molecular weight excluding hydrogens is 361 g/mol. The lowest BCUT2D eigenvalue weighted by Gasteiger charge is -2.13. The SMILES string of the molecule is CCNc1nc(CC(C)C)nc(-c2ccccc2)c1I. The van der Waals surface area contributed by atoms with Gasteiger partial charge >= 0.3 is 0 Å². The minimum absolute atomic E-state index is 0.549. The molecular formula is C16H20IN3. The molecule has 0 saturated carbocycles. The van der Waals surface area contributed by atoms with Gasteiger partial charge in [-0.3, -0.25) is 0 Å². The van der Waals surface area contributed by atoms with Gasteiger partial charge < -0.3 is 5.32 Å². The summed E-state index contributed by atoms with van der Waals surface area (Å²) in [5.74, 6) is 2.40. The molecule has 1 aromatic heterocycles. The Kier molecular flexibility index (Phi) is 5.34. The maximum atomic E-state index is 4.77. The van der Waals surface area contributed by atoms with Crippen molar-refractivity contribution in [2.24, 2.45) is 5.92 Å². The quantitative estimate of drug-likeness (QED) is 0.782. The van der Waals surface area contributed by atoms with Crippen LogP contribution in [0.15, 0.2) is 30.3 Å². The third-order valence-corrected chi connectivity index (χ3v) is 3.90. The molecule has 2 aromatic rings. The molecule has 20 heavy (non-hydrogen) atoms. The zero-order valence-electron chi connectivity index (χ0n) is 12.2. The van der Waals surface area contributed by atoms with Crippen LogP contribution < -0.4 is 5.32 Å². The Morgan fingerprint density at radius 1 is 1.15 bits per heavy atom. The molecule has 3 nitrogen and oxygen atoms in total. The second kappa shape index (κ2) is 7.02. The van der Waals surface area contributed by atoms with E-state index in [2.05, 4.69) is 65.8 Å². The van der Waals surface area contributed by atoms with Gasteiger partial charge in [0.1, 0.15) is 11.6 Å². The van der Waals surface area contributed by atoms with Crippen molar-refractivity contribution in [3.05, 3.63) is 39.7 Å². The molecule has 0 aliphatic rings. The Bertz CT molecular complexity index is 567. The van der Waals surface area contributed by atoms with Gasteiger partial charge in [0.2, 0.25) is 0 Å². The summed E-state index contributed by atoms with van der Waals surface area (Å²) < 4.78 is 1.09. The van der Waals surface area contributed by atoms with Gasteiger partial charge in [-0.1, -0.05) is 44.2 Å². The van der Waals surface area contributed by atoms with Crippen molar-refractivity contribution in [3.63, 3.8) is 0 Å². The van der Waals surface area contributed by atoms with E-state index < -0.39 is 0 Å². The van der Waals surface area contributed by atoms with E-state index >= 15 is 0 Å². The maximum Gasteiger partial charge on any atom is 0.143 e. The highest BCUT2D eigenvalue weighted by molar-refractivity contribution is 14.1. The molecule has 0 aliphatic heterocycles. The highest BCUT2D eigenvalue weighted by Gasteiger charge is 2.14.